The van der Waals surface area contributed by atoms with E-state index in [9.17, 15) is 4.79 Å². The minimum absolute atomic E-state index is 0.139. The van der Waals surface area contributed by atoms with E-state index in [1.165, 1.54) is 24.1 Å². The minimum atomic E-state index is -0.139. The Labute approximate surface area is 195 Å². The summed E-state index contributed by atoms with van der Waals surface area (Å²) < 4.78 is 0. The molecule has 0 N–H and O–H groups in total. The molecule has 2 aromatic rings. The van der Waals surface area contributed by atoms with E-state index in [4.69, 9.17) is 11.6 Å². The molecule has 3 heterocycles. The summed E-state index contributed by atoms with van der Waals surface area (Å²) in [5.41, 5.74) is 3.59. The zero-order valence-corrected chi connectivity index (χ0v) is 19.6. The van der Waals surface area contributed by atoms with Crippen LogP contribution in [0.5, 0.6) is 0 Å². The van der Waals surface area contributed by atoms with Gasteiger partial charge in [0.1, 0.15) is 12.1 Å². The van der Waals surface area contributed by atoms with Crippen molar-refractivity contribution in [1.82, 2.24) is 19.8 Å². The van der Waals surface area contributed by atoms with Crippen molar-refractivity contribution in [3.8, 4) is 0 Å². The molecule has 0 radical (unpaired) electrons. The number of aryl methyl sites for hydroxylation is 1. The molecule has 2 aliphatic heterocycles. The van der Waals surface area contributed by atoms with Crippen LogP contribution < -0.4 is 4.90 Å². The summed E-state index contributed by atoms with van der Waals surface area (Å²) >= 11 is 6.12. The smallest absolute Gasteiger partial charge is 0.231 e. The van der Waals surface area contributed by atoms with Crippen molar-refractivity contribution >= 4 is 23.3 Å². The third kappa shape index (κ3) is 4.35. The highest BCUT2D eigenvalue weighted by molar-refractivity contribution is 6.30. The second-order valence-corrected chi connectivity index (χ2v) is 9.86. The van der Waals surface area contributed by atoms with E-state index in [2.05, 4.69) is 31.6 Å². The molecule has 1 aromatic heterocycles. The van der Waals surface area contributed by atoms with Crippen molar-refractivity contribution in [1.29, 1.82) is 0 Å². The van der Waals surface area contributed by atoms with Crippen molar-refractivity contribution in [2.75, 3.05) is 50.7 Å². The van der Waals surface area contributed by atoms with Gasteiger partial charge in [0.15, 0.2) is 0 Å². The Kier molecular flexibility index (Phi) is 6.33. The molecular formula is C25H32ClN5O. The molecule has 2 atom stereocenters. The minimum Gasteiger partial charge on any atom is -0.353 e. The van der Waals surface area contributed by atoms with E-state index < -0.39 is 0 Å². The van der Waals surface area contributed by atoms with Gasteiger partial charge in [-0.2, -0.15) is 0 Å². The third-order valence-electron chi connectivity index (χ3n) is 7.35. The quantitative estimate of drug-likeness (QED) is 0.690. The summed E-state index contributed by atoms with van der Waals surface area (Å²) in [5, 5.41) is 0.710. The van der Waals surface area contributed by atoms with Crippen molar-refractivity contribution in [2.45, 2.75) is 44.4 Å². The highest BCUT2D eigenvalue weighted by atomic mass is 35.5. The van der Waals surface area contributed by atoms with Crippen molar-refractivity contribution in [3.05, 3.63) is 52.4 Å². The lowest BCUT2D eigenvalue weighted by Gasteiger charge is -2.38. The second-order valence-electron chi connectivity index (χ2n) is 9.42. The fraction of sp³-hybridized carbons (Fsp3) is 0.560. The van der Waals surface area contributed by atoms with Crippen molar-refractivity contribution in [3.63, 3.8) is 0 Å². The average molecular weight is 454 g/mol. The van der Waals surface area contributed by atoms with Crippen LogP contribution in [0.15, 0.2) is 30.6 Å². The van der Waals surface area contributed by atoms with Crippen LogP contribution in [0, 0.1) is 0 Å². The van der Waals surface area contributed by atoms with Crippen LogP contribution in [-0.2, 0) is 11.2 Å². The number of fused-ring (bicyclic) bond motifs is 1. The Bertz CT molecular complexity index is 951. The maximum Gasteiger partial charge on any atom is 0.231 e. The zero-order chi connectivity index (χ0) is 22.1. The molecule has 0 spiro atoms. The van der Waals surface area contributed by atoms with Gasteiger partial charge in [-0.05, 0) is 62.4 Å². The van der Waals surface area contributed by atoms with Crippen LogP contribution in [0.4, 0.5) is 5.82 Å². The fourth-order valence-corrected chi connectivity index (χ4v) is 5.60. The molecule has 7 heteroatoms. The standard InChI is InChI=1S/C25H32ClN5O/c1-18-4-9-22-23(18)24(28-17-27-22)30-12-14-31(15-13-30)25(32)21(16-29-10-2-3-11-29)19-5-7-20(26)8-6-19/h5-8,17-18,21H,2-4,9-16H2,1H3/t18-,21+/m1/s1. The SMILES string of the molecule is C[C@@H]1CCc2ncnc(N3CCN(C(=O)[C@@H](CN4CCCC4)c4ccc(Cl)cc4)CC3)c21. The van der Waals surface area contributed by atoms with Crippen LogP contribution in [0.2, 0.25) is 5.02 Å². The van der Waals surface area contributed by atoms with E-state index in [0.717, 1.165) is 70.0 Å². The van der Waals surface area contributed by atoms with Crippen LogP contribution in [-0.4, -0.2) is 71.5 Å². The molecule has 3 aliphatic rings. The summed E-state index contributed by atoms with van der Waals surface area (Å²) in [5.74, 6) is 1.69. The number of carbonyl (C=O) groups is 1. The third-order valence-corrected chi connectivity index (χ3v) is 7.61. The van der Waals surface area contributed by atoms with Gasteiger partial charge in [-0.3, -0.25) is 4.79 Å². The number of aromatic nitrogens is 2. The molecule has 2 saturated heterocycles. The van der Waals surface area contributed by atoms with Gasteiger partial charge in [0.05, 0.1) is 5.92 Å². The Hall–Kier alpha value is -2.18. The molecule has 170 valence electrons. The van der Waals surface area contributed by atoms with Gasteiger partial charge in [0.25, 0.3) is 0 Å². The van der Waals surface area contributed by atoms with Crippen molar-refractivity contribution in [2.24, 2.45) is 0 Å². The maximum absolute atomic E-state index is 13.7. The molecule has 0 unspecified atom stereocenters. The van der Waals surface area contributed by atoms with Crippen molar-refractivity contribution < 1.29 is 4.79 Å². The lowest BCUT2D eigenvalue weighted by Crippen LogP contribution is -2.51. The van der Waals surface area contributed by atoms with E-state index in [0.29, 0.717) is 10.9 Å². The number of rotatable bonds is 5. The molecule has 1 amide bonds. The van der Waals surface area contributed by atoms with Gasteiger partial charge in [0, 0.05) is 49.0 Å². The summed E-state index contributed by atoms with van der Waals surface area (Å²) in [4.78, 5) is 29.7. The summed E-state index contributed by atoms with van der Waals surface area (Å²) in [6.45, 7) is 8.33. The first-order chi connectivity index (χ1) is 15.6. The van der Waals surface area contributed by atoms with E-state index >= 15 is 0 Å². The molecule has 1 aromatic carbocycles. The number of hydrogen-bond donors (Lipinski definition) is 0. The molecule has 0 bridgehead atoms. The number of likely N-dealkylation sites (tertiary alicyclic amines) is 1. The number of piperazine rings is 1. The Morgan fingerprint density at radius 3 is 2.50 bits per heavy atom. The predicted octanol–water partition coefficient (Wildman–Crippen LogP) is 3.71. The first kappa shape index (κ1) is 21.7. The summed E-state index contributed by atoms with van der Waals surface area (Å²) in [7, 11) is 0. The topological polar surface area (TPSA) is 52.6 Å². The highest BCUT2D eigenvalue weighted by Crippen LogP contribution is 2.37. The Morgan fingerprint density at radius 1 is 1.06 bits per heavy atom. The number of halogens is 1. The van der Waals surface area contributed by atoms with E-state index in [-0.39, 0.29) is 11.8 Å². The van der Waals surface area contributed by atoms with Crippen LogP contribution in [0.3, 0.4) is 0 Å². The van der Waals surface area contributed by atoms with Gasteiger partial charge < -0.3 is 14.7 Å². The molecule has 5 rings (SSSR count). The first-order valence-electron chi connectivity index (χ1n) is 12.0. The molecule has 0 saturated carbocycles. The highest BCUT2D eigenvalue weighted by Gasteiger charge is 2.33. The number of hydrogen-bond acceptors (Lipinski definition) is 5. The van der Waals surface area contributed by atoms with Gasteiger partial charge in [-0.15, -0.1) is 0 Å². The monoisotopic (exact) mass is 453 g/mol. The van der Waals surface area contributed by atoms with Gasteiger partial charge >= 0.3 is 0 Å². The number of amides is 1. The molecule has 2 fully saturated rings. The van der Waals surface area contributed by atoms with Crippen LogP contribution in [0.25, 0.3) is 0 Å². The molecule has 1 aliphatic carbocycles. The van der Waals surface area contributed by atoms with Crippen LogP contribution in [0.1, 0.15) is 54.8 Å². The Morgan fingerprint density at radius 2 is 1.78 bits per heavy atom. The Balaban J connectivity index is 1.30. The molecular weight excluding hydrogens is 422 g/mol. The molecule has 32 heavy (non-hydrogen) atoms. The predicted molar refractivity (Wildman–Crippen MR) is 127 cm³/mol. The molecule has 6 nitrogen and oxygen atoms in total. The summed E-state index contributed by atoms with van der Waals surface area (Å²) in [6.07, 6.45) is 6.35. The maximum atomic E-state index is 13.7. The van der Waals surface area contributed by atoms with Gasteiger partial charge in [-0.1, -0.05) is 30.7 Å². The normalized spacial score (nSPS) is 22.2. The lowest BCUT2D eigenvalue weighted by atomic mass is 9.96. The number of anilines is 1. The van der Waals surface area contributed by atoms with Crippen LogP contribution >= 0.6 is 11.6 Å². The number of benzene rings is 1. The second kappa shape index (κ2) is 9.36. The zero-order valence-electron chi connectivity index (χ0n) is 18.8. The van der Waals surface area contributed by atoms with Gasteiger partial charge in [0.2, 0.25) is 5.91 Å². The average Bonchev–Trinajstić information content (AvgIpc) is 3.48. The number of nitrogens with zero attached hydrogens (tertiary/aromatic N) is 5. The largest absolute Gasteiger partial charge is 0.353 e. The summed E-state index contributed by atoms with van der Waals surface area (Å²) in [6, 6.07) is 7.83. The van der Waals surface area contributed by atoms with E-state index in [1.54, 1.807) is 6.33 Å². The lowest BCUT2D eigenvalue weighted by molar-refractivity contribution is -0.133. The number of carbonyl (C=O) groups excluding carboxylic acids is 1. The van der Waals surface area contributed by atoms with Gasteiger partial charge in [-0.25, -0.2) is 9.97 Å². The first-order valence-corrected chi connectivity index (χ1v) is 12.3. The van der Waals surface area contributed by atoms with E-state index in [1.807, 2.05) is 24.3 Å². The fourth-order valence-electron chi connectivity index (χ4n) is 5.48.